The van der Waals surface area contributed by atoms with E-state index in [1.165, 1.54) is 22.3 Å². The van der Waals surface area contributed by atoms with E-state index in [1.807, 2.05) is 0 Å². The summed E-state index contributed by atoms with van der Waals surface area (Å²) in [7, 11) is 1.71. The van der Waals surface area contributed by atoms with Gasteiger partial charge in [-0.15, -0.1) is 0 Å². The van der Waals surface area contributed by atoms with Crippen LogP contribution in [0.1, 0.15) is 43.4 Å². The van der Waals surface area contributed by atoms with E-state index in [1.54, 1.807) is 7.11 Å². The summed E-state index contributed by atoms with van der Waals surface area (Å²) in [5.41, 5.74) is 5.73. The van der Waals surface area contributed by atoms with E-state index in [4.69, 9.17) is 4.74 Å². The Balaban J connectivity index is 2.13. The summed E-state index contributed by atoms with van der Waals surface area (Å²) >= 11 is 0. The Labute approximate surface area is 127 Å². The minimum atomic E-state index is 0.144. The summed E-state index contributed by atoms with van der Waals surface area (Å²) in [5, 5.41) is 0. The predicted molar refractivity (Wildman–Crippen MR) is 89.6 cm³/mol. The van der Waals surface area contributed by atoms with Gasteiger partial charge in [0, 0.05) is 5.41 Å². The first-order valence-electron chi connectivity index (χ1n) is 7.71. The topological polar surface area (TPSA) is 9.23 Å². The highest BCUT2D eigenvalue weighted by molar-refractivity contribution is 5.94. The molecule has 0 amide bonds. The molecule has 1 nitrogen and oxygen atoms in total. The molecule has 1 heteroatoms. The van der Waals surface area contributed by atoms with Crippen molar-refractivity contribution in [1.82, 2.24) is 0 Å². The van der Waals surface area contributed by atoms with Crippen LogP contribution in [0.15, 0.2) is 48.5 Å². The van der Waals surface area contributed by atoms with Crippen molar-refractivity contribution in [3.63, 3.8) is 0 Å². The minimum absolute atomic E-state index is 0.144. The van der Waals surface area contributed by atoms with Crippen LogP contribution in [-0.2, 0) is 5.41 Å². The summed E-state index contributed by atoms with van der Waals surface area (Å²) in [6, 6.07) is 17.3. The van der Waals surface area contributed by atoms with Crippen LogP contribution in [0.2, 0.25) is 0 Å². The van der Waals surface area contributed by atoms with Crippen LogP contribution in [0, 0.1) is 0 Å². The molecule has 0 heterocycles. The second kappa shape index (κ2) is 5.40. The third-order valence-electron chi connectivity index (χ3n) is 4.90. The molecule has 0 saturated carbocycles. The maximum Gasteiger partial charge on any atom is 0.118 e. The van der Waals surface area contributed by atoms with E-state index >= 15 is 0 Å². The minimum Gasteiger partial charge on any atom is -0.497 e. The second-order valence-corrected chi connectivity index (χ2v) is 5.66. The number of allylic oxidation sites excluding steroid dienone is 1. The smallest absolute Gasteiger partial charge is 0.118 e. The van der Waals surface area contributed by atoms with Gasteiger partial charge in [0.2, 0.25) is 0 Å². The van der Waals surface area contributed by atoms with Gasteiger partial charge in [-0.25, -0.2) is 0 Å². The van der Waals surface area contributed by atoms with E-state index in [-0.39, 0.29) is 5.41 Å². The molecule has 0 spiro atoms. The van der Waals surface area contributed by atoms with Gasteiger partial charge in [0.15, 0.2) is 0 Å². The molecule has 108 valence electrons. The SMILES string of the molecule is CCC1(CC)C(c2ccc(OC)cc2)=Cc2ccccc21. The fourth-order valence-corrected chi connectivity index (χ4v) is 3.64. The van der Waals surface area contributed by atoms with Crippen molar-refractivity contribution in [2.24, 2.45) is 0 Å². The number of rotatable bonds is 4. The van der Waals surface area contributed by atoms with Crippen LogP contribution >= 0.6 is 0 Å². The van der Waals surface area contributed by atoms with Gasteiger partial charge in [-0.2, -0.15) is 0 Å². The molecule has 0 fully saturated rings. The lowest BCUT2D eigenvalue weighted by atomic mass is 9.71. The van der Waals surface area contributed by atoms with Crippen LogP contribution in [0.5, 0.6) is 5.75 Å². The number of benzene rings is 2. The van der Waals surface area contributed by atoms with Crippen LogP contribution in [-0.4, -0.2) is 7.11 Å². The Morgan fingerprint density at radius 2 is 1.57 bits per heavy atom. The van der Waals surface area contributed by atoms with Crippen molar-refractivity contribution in [3.8, 4) is 5.75 Å². The van der Waals surface area contributed by atoms with Crippen LogP contribution in [0.3, 0.4) is 0 Å². The van der Waals surface area contributed by atoms with Gasteiger partial charge in [-0.1, -0.05) is 50.2 Å². The van der Waals surface area contributed by atoms with E-state index in [2.05, 4.69) is 68.5 Å². The molecule has 2 aromatic rings. The number of fused-ring (bicyclic) bond motifs is 1. The molecule has 0 atom stereocenters. The molecule has 3 rings (SSSR count). The molecular formula is C20H22O. The Morgan fingerprint density at radius 1 is 0.905 bits per heavy atom. The Kier molecular flexibility index (Phi) is 3.59. The van der Waals surface area contributed by atoms with Gasteiger partial charge in [-0.05, 0) is 53.3 Å². The first-order chi connectivity index (χ1) is 10.2. The van der Waals surface area contributed by atoms with Gasteiger partial charge in [0.1, 0.15) is 5.75 Å². The summed E-state index contributed by atoms with van der Waals surface area (Å²) in [6.07, 6.45) is 4.61. The Morgan fingerprint density at radius 3 is 2.19 bits per heavy atom. The predicted octanol–water partition coefficient (Wildman–Crippen LogP) is 5.31. The first-order valence-corrected chi connectivity index (χ1v) is 7.71. The average Bonchev–Trinajstić information content (AvgIpc) is 2.89. The van der Waals surface area contributed by atoms with E-state index < -0.39 is 0 Å². The van der Waals surface area contributed by atoms with E-state index in [0.29, 0.717) is 0 Å². The maximum atomic E-state index is 5.28. The zero-order chi connectivity index (χ0) is 14.9. The maximum absolute atomic E-state index is 5.28. The molecule has 0 N–H and O–H groups in total. The number of methoxy groups -OCH3 is 1. The van der Waals surface area contributed by atoms with Gasteiger partial charge in [-0.3, -0.25) is 0 Å². The highest BCUT2D eigenvalue weighted by Crippen LogP contribution is 2.51. The molecule has 0 radical (unpaired) electrons. The lowest BCUT2D eigenvalue weighted by Gasteiger charge is -2.32. The molecule has 0 aromatic heterocycles. The zero-order valence-corrected chi connectivity index (χ0v) is 13.0. The Bertz CT molecular complexity index is 660. The van der Waals surface area contributed by atoms with Gasteiger partial charge in [0.05, 0.1) is 7.11 Å². The zero-order valence-electron chi connectivity index (χ0n) is 13.0. The van der Waals surface area contributed by atoms with Crippen molar-refractivity contribution in [3.05, 3.63) is 65.2 Å². The van der Waals surface area contributed by atoms with E-state index in [9.17, 15) is 0 Å². The molecule has 0 saturated heterocycles. The third-order valence-corrected chi connectivity index (χ3v) is 4.90. The van der Waals surface area contributed by atoms with Crippen molar-refractivity contribution < 1.29 is 4.74 Å². The molecule has 0 aliphatic heterocycles. The summed E-state index contributed by atoms with van der Waals surface area (Å²) < 4.78 is 5.28. The van der Waals surface area contributed by atoms with Gasteiger partial charge in [0.25, 0.3) is 0 Å². The molecule has 2 aromatic carbocycles. The van der Waals surface area contributed by atoms with Crippen LogP contribution < -0.4 is 4.74 Å². The third kappa shape index (κ3) is 2.08. The first kappa shape index (κ1) is 13.9. The second-order valence-electron chi connectivity index (χ2n) is 5.66. The largest absolute Gasteiger partial charge is 0.497 e. The standard InChI is InChI=1S/C20H22O/c1-4-20(5-2)18-9-7-6-8-16(18)14-19(20)15-10-12-17(21-3)13-11-15/h6-14H,4-5H2,1-3H3. The number of ether oxygens (including phenoxy) is 1. The molecule has 0 bridgehead atoms. The summed E-state index contributed by atoms with van der Waals surface area (Å²) in [4.78, 5) is 0. The van der Waals surface area contributed by atoms with Gasteiger partial charge >= 0.3 is 0 Å². The van der Waals surface area contributed by atoms with Crippen molar-refractivity contribution in [2.75, 3.05) is 7.11 Å². The molecule has 1 aliphatic rings. The highest BCUT2D eigenvalue weighted by atomic mass is 16.5. The van der Waals surface area contributed by atoms with Crippen molar-refractivity contribution >= 4 is 11.6 Å². The molecule has 1 aliphatic carbocycles. The normalized spacial score (nSPS) is 15.5. The highest BCUT2D eigenvalue weighted by Gasteiger charge is 2.38. The van der Waals surface area contributed by atoms with Gasteiger partial charge < -0.3 is 4.74 Å². The van der Waals surface area contributed by atoms with Crippen molar-refractivity contribution in [2.45, 2.75) is 32.1 Å². The fourth-order valence-electron chi connectivity index (χ4n) is 3.64. The monoisotopic (exact) mass is 278 g/mol. The fraction of sp³-hybridized carbons (Fsp3) is 0.300. The quantitative estimate of drug-likeness (QED) is 0.736. The van der Waals surface area contributed by atoms with Crippen molar-refractivity contribution in [1.29, 1.82) is 0 Å². The average molecular weight is 278 g/mol. The van der Waals surface area contributed by atoms with E-state index in [0.717, 1.165) is 18.6 Å². The van der Waals surface area contributed by atoms with Crippen LogP contribution in [0.25, 0.3) is 11.6 Å². The summed E-state index contributed by atoms with van der Waals surface area (Å²) in [5.74, 6) is 0.911. The summed E-state index contributed by atoms with van der Waals surface area (Å²) in [6.45, 7) is 4.59. The number of hydrogen-bond donors (Lipinski definition) is 0. The number of hydrogen-bond acceptors (Lipinski definition) is 1. The molecular weight excluding hydrogens is 256 g/mol. The van der Waals surface area contributed by atoms with Crippen LogP contribution in [0.4, 0.5) is 0 Å². The lowest BCUT2D eigenvalue weighted by molar-refractivity contribution is 0.414. The Hall–Kier alpha value is -2.02. The molecule has 0 unspecified atom stereocenters. The lowest BCUT2D eigenvalue weighted by Crippen LogP contribution is -2.23. The molecule has 21 heavy (non-hydrogen) atoms.